The van der Waals surface area contributed by atoms with Crippen molar-refractivity contribution in [2.45, 2.75) is 0 Å². The zero-order valence-corrected chi connectivity index (χ0v) is 13.3. The third kappa shape index (κ3) is 3.00. The Labute approximate surface area is 138 Å². The summed E-state index contributed by atoms with van der Waals surface area (Å²) in [5.74, 6) is -0.188. The summed E-state index contributed by atoms with van der Waals surface area (Å²) in [6.07, 6.45) is 1.82. The molecule has 2 aliphatic heterocycles. The second kappa shape index (κ2) is 6.14. The van der Waals surface area contributed by atoms with Gasteiger partial charge in [0.2, 0.25) is 0 Å². The summed E-state index contributed by atoms with van der Waals surface area (Å²) in [5, 5.41) is 1.86. The smallest absolute Gasteiger partial charge is 0.286 e. The van der Waals surface area contributed by atoms with E-state index in [1.165, 1.54) is 11.8 Å². The van der Waals surface area contributed by atoms with E-state index in [1.807, 2.05) is 42.5 Å². The van der Waals surface area contributed by atoms with Gasteiger partial charge in [-0.2, -0.15) is 4.99 Å². The number of ether oxygens (including phenoxy) is 1. The molecule has 0 bridgehead atoms. The molecular formula is C17H15N3O2S. The molecule has 6 heteroatoms. The van der Waals surface area contributed by atoms with Crippen LogP contribution in [0.5, 0.6) is 0 Å². The van der Waals surface area contributed by atoms with E-state index >= 15 is 0 Å². The van der Waals surface area contributed by atoms with Gasteiger partial charge in [0, 0.05) is 18.5 Å². The SMILES string of the molecule is O=C1N=C(N2CCOCC2)SC1=Cc1ccc2ccccc2n1. The normalized spacial score (nSPS) is 20.3. The summed E-state index contributed by atoms with van der Waals surface area (Å²) in [5.41, 5.74) is 1.70. The number of amidine groups is 1. The monoisotopic (exact) mass is 325 g/mol. The maximum atomic E-state index is 12.1. The first-order valence-corrected chi connectivity index (χ1v) is 8.32. The molecule has 116 valence electrons. The summed E-state index contributed by atoms with van der Waals surface area (Å²) in [4.78, 5) is 23.6. The average Bonchev–Trinajstić information content (AvgIpc) is 2.96. The highest BCUT2D eigenvalue weighted by Gasteiger charge is 2.27. The van der Waals surface area contributed by atoms with E-state index in [4.69, 9.17) is 4.74 Å². The molecule has 0 spiro atoms. The first-order valence-electron chi connectivity index (χ1n) is 7.51. The molecule has 2 aliphatic rings. The van der Waals surface area contributed by atoms with Crippen molar-refractivity contribution < 1.29 is 9.53 Å². The molecule has 0 unspecified atom stereocenters. The van der Waals surface area contributed by atoms with Gasteiger partial charge in [0.1, 0.15) is 0 Å². The maximum absolute atomic E-state index is 12.1. The van der Waals surface area contributed by atoms with E-state index in [1.54, 1.807) is 0 Å². The van der Waals surface area contributed by atoms with Gasteiger partial charge in [-0.25, -0.2) is 4.98 Å². The van der Waals surface area contributed by atoms with Crippen molar-refractivity contribution in [2.24, 2.45) is 4.99 Å². The standard InChI is InChI=1S/C17H15N3O2S/c21-16-15(23-17(19-16)20-7-9-22-10-8-20)11-13-6-5-12-3-1-2-4-14(12)18-13/h1-6,11H,7-10H2. The Kier molecular flexibility index (Phi) is 3.85. The molecule has 1 saturated heterocycles. The number of thioether (sulfide) groups is 1. The lowest BCUT2D eigenvalue weighted by Gasteiger charge is -2.27. The molecule has 0 aliphatic carbocycles. The minimum atomic E-state index is -0.188. The molecule has 4 rings (SSSR count). The highest BCUT2D eigenvalue weighted by atomic mass is 32.2. The molecule has 1 aromatic carbocycles. The number of fused-ring (bicyclic) bond motifs is 1. The maximum Gasteiger partial charge on any atom is 0.286 e. The van der Waals surface area contributed by atoms with Crippen LogP contribution < -0.4 is 0 Å². The molecule has 0 saturated carbocycles. The summed E-state index contributed by atoms with van der Waals surface area (Å²) in [6.45, 7) is 2.92. The molecule has 0 radical (unpaired) electrons. The van der Waals surface area contributed by atoms with Gasteiger partial charge in [0.15, 0.2) is 5.17 Å². The second-order valence-corrected chi connectivity index (χ2v) is 6.35. The van der Waals surface area contributed by atoms with E-state index < -0.39 is 0 Å². The van der Waals surface area contributed by atoms with Gasteiger partial charge in [-0.3, -0.25) is 4.79 Å². The van der Waals surface area contributed by atoms with Crippen LogP contribution in [-0.2, 0) is 9.53 Å². The van der Waals surface area contributed by atoms with E-state index in [2.05, 4.69) is 14.9 Å². The average molecular weight is 325 g/mol. The Morgan fingerprint density at radius 1 is 1.13 bits per heavy atom. The van der Waals surface area contributed by atoms with Crippen LogP contribution in [-0.4, -0.2) is 47.3 Å². The molecule has 1 fully saturated rings. The number of rotatable bonds is 1. The summed E-state index contributed by atoms with van der Waals surface area (Å²) in [7, 11) is 0. The van der Waals surface area contributed by atoms with Gasteiger partial charge >= 0.3 is 0 Å². The number of para-hydroxylation sites is 1. The van der Waals surface area contributed by atoms with E-state index in [-0.39, 0.29) is 5.91 Å². The van der Waals surface area contributed by atoms with Gasteiger partial charge in [-0.15, -0.1) is 0 Å². The lowest BCUT2D eigenvalue weighted by atomic mass is 10.2. The summed E-state index contributed by atoms with van der Waals surface area (Å²) >= 11 is 1.42. The van der Waals surface area contributed by atoms with Crippen LogP contribution in [0.1, 0.15) is 5.69 Å². The molecule has 5 nitrogen and oxygen atoms in total. The van der Waals surface area contributed by atoms with Gasteiger partial charge in [0.25, 0.3) is 5.91 Å². The first kappa shape index (κ1) is 14.4. The van der Waals surface area contributed by atoms with Crippen molar-refractivity contribution in [1.82, 2.24) is 9.88 Å². The highest BCUT2D eigenvalue weighted by molar-refractivity contribution is 8.18. The largest absolute Gasteiger partial charge is 0.378 e. The van der Waals surface area contributed by atoms with E-state index in [0.29, 0.717) is 18.1 Å². The van der Waals surface area contributed by atoms with Crippen molar-refractivity contribution in [2.75, 3.05) is 26.3 Å². The van der Waals surface area contributed by atoms with Crippen molar-refractivity contribution in [3.63, 3.8) is 0 Å². The second-order valence-electron chi connectivity index (χ2n) is 5.34. The Balaban J connectivity index is 1.57. The fourth-order valence-electron chi connectivity index (χ4n) is 2.58. The van der Waals surface area contributed by atoms with Crippen LogP contribution in [0.3, 0.4) is 0 Å². The number of aromatic nitrogens is 1. The van der Waals surface area contributed by atoms with Gasteiger partial charge in [-0.1, -0.05) is 24.3 Å². The van der Waals surface area contributed by atoms with E-state index in [0.717, 1.165) is 34.9 Å². The Hall–Kier alpha value is -2.18. The zero-order valence-electron chi connectivity index (χ0n) is 12.4. The molecular weight excluding hydrogens is 310 g/mol. The number of aliphatic imine (C=N–C) groups is 1. The lowest BCUT2D eigenvalue weighted by Crippen LogP contribution is -2.38. The van der Waals surface area contributed by atoms with Crippen molar-refractivity contribution in [3.8, 4) is 0 Å². The predicted molar refractivity (Wildman–Crippen MR) is 92.1 cm³/mol. The molecule has 3 heterocycles. The number of morpholine rings is 1. The molecule has 0 atom stereocenters. The number of hydrogen-bond donors (Lipinski definition) is 0. The minimum absolute atomic E-state index is 0.188. The molecule has 23 heavy (non-hydrogen) atoms. The Morgan fingerprint density at radius 2 is 1.96 bits per heavy atom. The third-order valence-electron chi connectivity index (χ3n) is 3.79. The van der Waals surface area contributed by atoms with Crippen molar-refractivity contribution in [3.05, 3.63) is 47.0 Å². The molecule has 1 amide bonds. The number of pyridine rings is 1. The topological polar surface area (TPSA) is 54.8 Å². The predicted octanol–water partition coefficient (Wildman–Crippen LogP) is 2.54. The number of nitrogens with zero attached hydrogens (tertiary/aromatic N) is 3. The fourth-order valence-corrected chi connectivity index (χ4v) is 3.53. The minimum Gasteiger partial charge on any atom is -0.378 e. The molecule has 0 N–H and O–H groups in total. The van der Waals surface area contributed by atoms with Crippen LogP contribution in [0, 0.1) is 0 Å². The fraction of sp³-hybridized carbons (Fsp3) is 0.235. The third-order valence-corrected chi connectivity index (χ3v) is 4.83. The van der Waals surface area contributed by atoms with Crippen molar-refractivity contribution in [1.29, 1.82) is 0 Å². The quantitative estimate of drug-likeness (QED) is 0.754. The van der Waals surface area contributed by atoms with Gasteiger partial charge < -0.3 is 9.64 Å². The van der Waals surface area contributed by atoms with Crippen molar-refractivity contribution >= 4 is 39.8 Å². The van der Waals surface area contributed by atoms with Crippen LogP contribution in [0.25, 0.3) is 17.0 Å². The first-order chi connectivity index (χ1) is 11.3. The zero-order chi connectivity index (χ0) is 15.6. The number of amides is 1. The Bertz CT molecular complexity index is 825. The number of carbonyl (C=O) groups is 1. The summed E-state index contributed by atoms with van der Waals surface area (Å²) in [6, 6.07) is 11.9. The molecule has 2 aromatic rings. The van der Waals surface area contributed by atoms with Crippen LogP contribution in [0.4, 0.5) is 0 Å². The van der Waals surface area contributed by atoms with E-state index in [9.17, 15) is 4.79 Å². The van der Waals surface area contributed by atoms with Gasteiger partial charge in [-0.05, 0) is 30.0 Å². The number of carbonyl (C=O) groups excluding carboxylic acids is 1. The number of benzene rings is 1. The van der Waals surface area contributed by atoms with Crippen LogP contribution in [0.2, 0.25) is 0 Å². The van der Waals surface area contributed by atoms with Gasteiger partial charge in [0.05, 0.1) is 29.3 Å². The number of hydrogen-bond acceptors (Lipinski definition) is 5. The molecule has 1 aromatic heterocycles. The lowest BCUT2D eigenvalue weighted by molar-refractivity contribution is -0.113. The highest BCUT2D eigenvalue weighted by Crippen LogP contribution is 2.30. The van der Waals surface area contributed by atoms with Crippen LogP contribution in [0.15, 0.2) is 46.3 Å². The Morgan fingerprint density at radius 3 is 2.83 bits per heavy atom. The van der Waals surface area contributed by atoms with Crippen LogP contribution >= 0.6 is 11.8 Å². The summed E-state index contributed by atoms with van der Waals surface area (Å²) < 4.78 is 5.33.